The first kappa shape index (κ1) is 25.0. The summed E-state index contributed by atoms with van der Waals surface area (Å²) in [5, 5.41) is 13.0. The van der Waals surface area contributed by atoms with Crippen LogP contribution in [0.3, 0.4) is 0 Å². The van der Waals surface area contributed by atoms with Gasteiger partial charge in [-0.05, 0) is 58.5 Å². The fraction of sp³-hybridized carbons (Fsp3) is 0.143. The van der Waals surface area contributed by atoms with Crippen molar-refractivity contribution in [1.29, 1.82) is 0 Å². The standard InChI is InChI=1S/C28H22ClFN2O4/c1-32-16-20(11-13-27(32)33)26(31-36)15-23(21-4-2-3-5-24(21)29)18-8-6-17(7-9-18)19-10-12-22(28(34)35)25(30)14-19/h2-14,16,23,26H,15H2,1H3,(H,34,35). The number of aromatic carboxylic acids is 1. The molecule has 36 heavy (non-hydrogen) atoms. The summed E-state index contributed by atoms with van der Waals surface area (Å²) in [6, 6.07) is 21.0. The third-order valence-corrected chi connectivity index (χ3v) is 6.55. The average molecular weight is 505 g/mol. The van der Waals surface area contributed by atoms with E-state index in [4.69, 9.17) is 16.7 Å². The van der Waals surface area contributed by atoms with Crippen LogP contribution in [0.2, 0.25) is 5.02 Å². The monoisotopic (exact) mass is 504 g/mol. The Morgan fingerprint density at radius 2 is 1.67 bits per heavy atom. The van der Waals surface area contributed by atoms with E-state index in [0.29, 0.717) is 28.1 Å². The molecule has 0 amide bonds. The van der Waals surface area contributed by atoms with Crippen LogP contribution in [0.4, 0.5) is 4.39 Å². The minimum absolute atomic E-state index is 0.186. The van der Waals surface area contributed by atoms with Crippen LogP contribution in [0.25, 0.3) is 11.1 Å². The van der Waals surface area contributed by atoms with E-state index in [1.165, 1.54) is 22.8 Å². The van der Waals surface area contributed by atoms with E-state index in [0.717, 1.165) is 11.1 Å². The first-order valence-corrected chi connectivity index (χ1v) is 11.5. The van der Waals surface area contributed by atoms with E-state index in [1.54, 1.807) is 31.4 Å². The number of halogens is 2. The number of hydrogen-bond donors (Lipinski definition) is 1. The molecule has 6 nitrogen and oxygen atoms in total. The fourth-order valence-electron chi connectivity index (χ4n) is 4.25. The van der Waals surface area contributed by atoms with E-state index in [1.807, 2.05) is 42.5 Å². The highest BCUT2D eigenvalue weighted by molar-refractivity contribution is 6.31. The molecule has 4 aromatic rings. The zero-order valence-corrected chi connectivity index (χ0v) is 20.0. The van der Waals surface area contributed by atoms with Crippen molar-refractivity contribution in [3.8, 4) is 11.1 Å². The maximum Gasteiger partial charge on any atom is 0.338 e. The van der Waals surface area contributed by atoms with Gasteiger partial charge in [-0.25, -0.2) is 9.18 Å². The van der Waals surface area contributed by atoms with Gasteiger partial charge in [-0.3, -0.25) is 4.79 Å². The van der Waals surface area contributed by atoms with Crippen molar-refractivity contribution in [1.82, 2.24) is 4.57 Å². The Morgan fingerprint density at radius 3 is 2.28 bits per heavy atom. The minimum atomic E-state index is -1.33. The number of carboxylic acid groups (broad SMARTS) is 1. The minimum Gasteiger partial charge on any atom is -0.478 e. The third kappa shape index (κ3) is 5.26. The normalized spacial score (nSPS) is 12.6. The molecule has 0 saturated carbocycles. The van der Waals surface area contributed by atoms with Gasteiger partial charge in [0.15, 0.2) is 0 Å². The van der Waals surface area contributed by atoms with Gasteiger partial charge in [-0.1, -0.05) is 65.3 Å². The highest BCUT2D eigenvalue weighted by Gasteiger charge is 2.24. The van der Waals surface area contributed by atoms with E-state index < -0.39 is 17.8 Å². The Balaban J connectivity index is 1.71. The molecular weight excluding hydrogens is 483 g/mol. The molecule has 1 N–H and O–H groups in total. The highest BCUT2D eigenvalue weighted by atomic mass is 35.5. The van der Waals surface area contributed by atoms with Crippen LogP contribution >= 0.6 is 11.6 Å². The predicted octanol–water partition coefficient (Wildman–Crippen LogP) is 6.57. The first-order valence-electron chi connectivity index (χ1n) is 11.1. The highest BCUT2D eigenvalue weighted by Crippen LogP contribution is 2.39. The van der Waals surface area contributed by atoms with Crippen molar-refractivity contribution in [2.24, 2.45) is 12.2 Å². The molecule has 0 fully saturated rings. The predicted molar refractivity (Wildman–Crippen MR) is 137 cm³/mol. The third-order valence-electron chi connectivity index (χ3n) is 6.21. The molecule has 0 bridgehead atoms. The number of carboxylic acids is 1. The number of benzene rings is 3. The lowest BCUT2D eigenvalue weighted by Crippen LogP contribution is -2.16. The zero-order valence-electron chi connectivity index (χ0n) is 19.3. The summed E-state index contributed by atoms with van der Waals surface area (Å²) in [6.07, 6.45) is 1.92. The summed E-state index contributed by atoms with van der Waals surface area (Å²) in [5.41, 5.74) is 2.98. The number of carbonyl (C=O) groups is 1. The van der Waals surface area contributed by atoms with Gasteiger partial charge < -0.3 is 9.67 Å². The molecule has 2 unspecified atom stereocenters. The molecule has 0 spiro atoms. The van der Waals surface area contributed by atoms with Crippen LogP contribution < -0.4 is 5.56 Å². The summed E-state index contributed by atoms with van der Waals surface area (Å²) < 4.78 is 15.6. The summed E-state index contributed by atoms with van der Waals surface area (Å²) in [6.45, 7) is 0. The number of nitrogens with zero attached hydrogens (tertiary/aromatic N) is 2. The molecule has 0 radical (unpaired) electrons. The summed E-state index contributed by atoms with van der Waals surface area (Å²) in [7, 11) is 1.61. The van der Waals surface area contributed by atoms with E-state index >= 15 is 0 Å². The Kier molecular flexibility index (Phi) is 7.41. The Morgan fingerprint density at radius 1 is 1.00 bits per heavy atom. The van der Waals surface area contributed by atoms with Crippen LogP contribution in [0.1, 0.15) is 45.4 Å². The molecule has 3 aromatic carbocycles. The van der Waals surface area contributed by atoms with E-state index in [9.17, 15) is 18.9 Å². The second kappa shape index (κ2) is 10.7. The number of aromatic nitrogens is 1. The van der Waals surface area contributed by atoms with Gasteiger partial charge in [0.2, 0.25) is 5.56 Å². The van der Waals surface area contributed by atoms with Crippen molar-refractivity contribution >= 4 is 17.6 Å². The van der Waals surface area contributed by atoms with Gasteiger partial charge in [0.05, 0.1) is 5.56 Å². The summed E-state index contributed by atoms with van der Waals surface area (Å²) in [4.78, 5) is 34.8. The molecule has 0 saturated heterocycles. The maximum absolute atomic E-state index is 14.2. The molecule has 0 aliphatic heterocycles. The smallest absolute Gasteiger partial charge is 0.338 e. The van der Waals surface area contributed by atoms with Crippen molar-refractivity contribution in [3.63, 3.8) is 0 Å². The second-order valence-electron chi connectivity index (χ2n) is 8.46. The summed E-state index contributed by atoms with van der Waals surface area (Å²) in [5.74, 6) is -2.43. The molecule has 2 atom stereocenters. The van der Waals surface area contributed by atoms with Crippen LogP contribution in [0.5, 0.6) is 0 Å². The molecule has 182 valence electrons. The number of hydrogen-bond acceptors (Lipinski definition) is 4. The van der Waals surface area contributed by atoms with Crippen molar-refractivity contribution in [2.75, 3.05) is 0 Å². The molecule has 1 heterocycles. The van der Waals surface area contributed by atoms with Crippen molar-refractivity contribution in [3.05, 3.63) is 133 Å². The molecule has 0 aliphatic carbocycles. The molecule has 1 aromatic heterocycles. The van der Waals surface area contributed by atoms with Crippen molar-refractivity contribution in [2.45, 2.75) is 18.4 Å². The van der Waals surface area contributed by atoms with Crippen molar-refractivity contribution < 1.29 is 14.3 Å². The molecular formula is C28H22ClFN2O4. The fourth-order valence-corrected chi connectivity index (χ4v) is 4.52. The molecule has 4 rings (SSSR count). The quantitative estimate of drug-likeness (QED) is 0.275. The van der Waals surface area contributed by atoms with Gasteiger partial charge >= 0.3 is 5.97 Å². The second-order valence-corrected chi connectivity index (χ2v) is 8.87. The van der Waals surface area contributed by atoms with Gasteiger partial charge in [-0.2, -0.15) is 4.91 Å². The largest absolute Gasteiger partial charge is 0.478 e. The Bertz CT molecular complexity index is 1480. The number of nitroso groups, excluding NO2 is 1. The van der Waals surface area contributed by atoms with Crippen LogP contribution in [0, 0.1) is 10.7 Å². The summed E-state index contributed by atoms with van der Waals surface area (Å²) >= 11 is 6.53. The Hall–Kier alpha value is -4.10. The van der Waals surface area contributed by atoms with E-state index in [-0.39, 0.29) is 17.0 Å². The number of aryl methyl sites for hydroxylation is 1. The van der Waals surface area contributed by atoms with Gasteiger partial charge in [0.1, 0.15) is 11.9 Å². The first-order chi connectivity index (χ1) is 17.3. The average Bonchev–Trinajstić information content (AvgIpc) is 2.87. The van der Waals surface area contributed by atoms with Gasteiger partial charge in [0, 0.05) is 30.3 Å². The molecule has 8 heteroatoms. The maximum atomic E-state index is 14.2. The zero-order chi connectivity index (χ0) is 25.8. The topological polar surface area (TPSA) is 88.7 Å². The Labute approximate surface area is 211 Å². The van der Waals surface area contributed by atoms with Gasteiger partial charge in [-0.15, -0.1) is 0 Å². The SMILES string of the molecule is Cn1cc(C(CC(c2ccc(-c3ccc(C(=O)O)c(F)c3)cc2)c2ccccc2Cl)N=O)ccc1=O. The lowest BCUT2D eigenvalue weighted by Gasteiger charge is -2.22. The van der Waals surface area contributed by atoms with Crippen LogP contribution in [0.15, 0.2) is 95.0 Å². The lowest BCUT2D eigenvalue weighted by atomic mass is 9.84. The van der Waals surface area contributed by atoms with Crippen LogP contribution in [-0.2, 0) is 7.05 Å². The number of rotatable bonds is 8. The van der Waals surface area contributed by atoms with Gasteiger partial charge in [0.25, 0.3) is 0 Å². The number of pyridine rings is 1. The van der Waals surface area contributed by atoms with Crippen LogP contribution in [-0.4, -0.2) is 15.6 Å². The van der Waals surface area contributed by atoms with E-state index in [2.05, 4.69) is 5.18 Å². The molecule has 0 aliphatic rings. The lowest BCUT2D eigenvalue weighted by molar-refractivity contribution is 0.0692.